The minimum absolute atomic E-state index is 0.0244. The molecule has 0 saturated carbocycles. The zero-order valence-corrected chi connectivity index (χ0v) is 14.3. The second-order valence-corrected chi connectivity index (χ2v) is 6.23. The third-order valence-electron chi connectivity index (χ3n) is 3.40. The Kier molecular flexibility index (Phi) is 4.95. The van der Waals surface area contributed by atoms with Crippen LogP contribution in [0.2, 0.25) is 0 Å². The molecule has 0 spiro atoms. The van der Waals surface area contributed by atoms with Crippen LogP contribution in [0.1, 0.15) is 16.1 Å². The van der Waals surface area contributed by atoms with Crippen LogP contribution in [0.3, 0.4) is 0 Å². The van der Waals surface area contributed by atoms with Crippen LogP contribution < -0.4 is 0 Å². The summed E-state index contributed by atoms with van der Waals surface area (Å²) < 4.78 is 78.8. The smallest absolute Gasteiger partial charge is 0.244 e. The monoisotopic (exact) mass is 415 g/mol. The highest BCUT2D eigenvalue weighted by molar-refractivity contribution is 7.10. The van der Waals surface area contributed by atoms with Gasteiger partial charge in [0.25, 0.3) is 0 Å². The number of thiazole rings is 1. The van der Waals surface area contributed by atoms with Crippen molar-refractivity contribution in [2.24, 2.45) is 0 Å². The van der Waals surface area contributed by atoms with Gasteiger partial charge in [0.1, 0.15) is 23.0 Å². The normalized spacial score (nSPS) is 12.8. The lowest BCUT2D eigenvalue weighted by Crippen LogP contribution is -2.11. The van der Waals surface area contributed by atoms with Gasteiger partial charge in [0.2, 0.25) is 0 Å². The number of aromatic nitrogens is 4. The van der Waals surface area contributed by atoms with Crippen molar-refractivity contribution >= 4 is 23.1 Å². The van der Waals surface area contributed by atoms with Crippen LogP contribution in [0.5, 0.6) is 0 Å². The highest BCUT2D eigenvalue weighted by Gasteiger charge is 2.37. The molecule has 1 aromatic carbocycles. The van der Waals surface area contributed by atoms with Gasteiger partial charge in [-0.05, 0) is 18.2 Å². The van der Waals surface area contributed by atoms with Crippen molar-refractivity contribution < 1.29 is 26.3 Å². The molecule has 0 amide bonds. The minimum Gasteiger partial charge on any atom is -0.244 e. The van der Waals surface area contributed by atoms with Crippen LogP contribution >= 0.6 is 11.3 Å². The molecule has 144 valence electrons. The maximum absolute atomic E-state index is 13.0. The van der Waals surface area contributed by atoms with E-state index >= 15 is 0 Å². The van der Waals surface area contributed by atoms with E-state index in [9.17, 15) is 31.6 Å². The van der Waals surface area contributed by atoms with E-state index in [2.05, 4.69) is 15.1 Å². The topological polar surface area (TPSA) is 67.4 Å². The first kappa shape index (κ1) is 19.6. The second-order valence-electron chi connectivity index (χ2n) is 5.33. The number of alkyl halides is 6. The molecule has 0 radical (unpaired) electrons. The molecule has 0 saturated heterocycles. The average Bonchev–Trinajstić information content (AvgIpc) is 3.29. The Labute approximate surface area is 157 Å². The zero-order chi connectivity index (χ0) is 20.5. The van der Waals surface area contributed by atoms with Crippen LogP contribution in [0.4, 0.5) is 26.3 Å². The summed E-state index contributed by atoms with van der Waals surface area (Å²) in [6.07, 6.45) is -6.20. The Bertz CT molecular complexity index is 1020. The predicted octanol–water partition coefficient (Wildman–Crippen LogP) is 4.96. The number of allylic oxidation sites excluding steroid dienone is 1. The molecular weight excluding hydrogens is 408 g/mol. The van der Waals surface area contributed by atoms with Gasteiger partial charge in [-0.1, -0.05) is 0 Å². The number of hydrogen-bond acceptors (Lipinski definition) is 5. The van der Waals surface area contributed by atoms with Crippen molar-refractivity contribution in [2.75, 3.05) is 0 Å². The summed E-state index contributed by atoms with van der Waals surface area (Å²) in [4.78, 5) is 7.69. The van der Waals surface area contributed by atoms with Gasteiger partial charge in [0, 0.05) is 17.1 Å². The van der Waals surface area contributed by atoms with Crippen molar-refractivity contribution in [1.29, 1.82) is 5.26 Å². The molecule has 0 bridgehead atoms. The van der Waals surface area contributed by atoms with Gasteiger partial charge in [0.15, 0.2) is 5.82 Å². The number of benzene rings is 1. The highest BCUT2D eigenvalue weighted by atomic mass is 32.1. The standard InChI is InChI=1S/C16H7F6N5S/c17-15(18,19)11-3-9(4-12(5-11)16(20,21)22)13-25-8-27(26-13)7-10(6-23)14-24-1-2-28-14/h1-5,7-8H/b10-7-. The number of halogens is 6. The van der Waals surface area contributed by atoms with Gasteiger partial charge in [0.05, 0.1) is 17.3 Å². The lowest BCUT2D eigenvalue weighted by molar-refractivity contribution is -0.143. The molecule has 0 aliphatic carbocycles. The lowest BCUT2D eigenvalue weighted by atomic mass is 10.0. The van der Waals surface area contributed by atoms with Gasteiger partial charge in [-0.3, -0.25) is 0 Å². The van der Waals surface area contributed by atoms with Gasteiger partial charge in [-0.25, -0.2) is 14.6 Å². The summed E-state index contributed by atoms with van der Waals surface area (Å²) in [6.45, 7) is 0. The molecule has 0 aliphatic heterocycles. The quantitative estimate of drug-likeness (QED) is 0.448. The molecular formula is C16H7F6N5S. The third kappa shape index (κ3) is 4.20. The second kappa shape index (κ2) is 7.08. The Balaban J connectivity index is 2.05. The molecule has 28 heavy (non-hydrogen) atoms. The average molecular weight is 415 g/mol. The van der Waals surface area contributed by atoms with E-state index in [1.165, 1.54) is 23.7 Å². The Morgan fingerprint density at radius 3 is 2.18 bits per heavy atom. The maximum atomic E-state index is 13.0. The van der Waals surface area contributed by atoms with E-state index in [0.29, 0.717) is 17.1 Å². The SMILES string of the molecule is N#C/C(=C/n1cnc(-c2cc(C(F)(F)F)cc(C(F)(F)F)c2)n1)c1nccs1. The van der Waals surface area contributed by atoms with Gasteiger partial charge in [-0.2, -0.15) is 31.6 Å². The summed E-state index contributed by atoms with van der Waals surface area (Å²) >= 11 is 1.17. The summed E-state index contributed by atoms with van der Waals surface area (Å²) in [5.41, 5.74) is -3.29. The number of nitrogens with zero attached hydrogens (tertiary/aromatic N) is 5. The number of hydrogen-bond donors (Lipinski definition) is 0. The van der Waals surface area contributed by atoms with Crippen molar-refractivity contribution in [1.82, 2.24) is 19.7 Å². The Morgan fingerprint density at radius 2 is 1.68 bits per heavy atom. The first-order chi connectivity index (χ1) is 13.1. The first-order valence-electron chi connectivity index (χ1n) is 7.31. The summed E-state index contributed by atoms with van der Waals surface area (Å²) in [5, 5.41) is 15.0. The largest absolute Gasteiger partial charge is 0.416 e. The number of nitriles is 1. The van der Waals surface area contributed by atoms with Gasteiger partial charge < -0.3 is 0 Å². The van der Waals surface area contributed by atoms with E-state index in [0.717, 1.165) is 11.0 Å². The van der Waals surface area contributed by atoms with Crippen LogP contribution in [0.15, 0.2) is 36.1 Å². The van der Waals surface area contributed by atoms with E-state index < -0.39 is 29.0 Å². The fourth-order valence-corrected chi connectivity index (χ4v) is 2.77. The first-order valence-corrected chi connectivity index (χ1v) is 8.18. The maximum Gasteiger partial charge on any atom is 0.416 e. The fourth-order valence-electron chi connectivity index (χ4n) is 2.17. The van der Waals surface area contributed by atoms with E-state index in [1.807, 2.05) is 6.07 Å². The van der Waals surface area contributed by atoms with Crippen molar-refractivity contribution in [3.05, 3.63) is 52.2 Å². The third-order valence-corrected chi connectivity index (χ3v) is 4.21. The van der Waals surface area contributed by atoms with Crippen molar-refractivity contribution in [2.45, 2.75) is 12.4 Å². The lowest BCUT2D eigenvalue weighted by Gasteiger charge is -2.13. The summed E-state index contributed by atoms with van der Waals surface area (Å²) in [6, 6.07) is 2.97. The molecule has 2 heterocycles. The Morgan fingerprint density at radius 1 is 1.04 bits per heavy atom. The molecule has 0 N–H and O–H groups in total. The molecule has 3 rings (SSSR count). The van der Waals surface area contributed by atoms with Crippen LogP contribution in [0, 0.1) is 11.3 Å². The van der Waals surface area contributed by atoms with E-state index in [4.69, 9.17) is 0 Å². The van der Waals surface area contributed by atoms with Gasteiger partial charge >= 0.3 is 12.4 Å². The fraction of sp³-hybridized carbons (Fsp3) is 0.125. The zero-order valence-electron chi connectivity index (χ0n) is 13.5. The molecule has 5 nitrogen and oxygen atoms in total. The number of rotatable bonds is 3. The summed E-state index contributed by atoms with van der Waals surface area (Å²) in [7, 11) is 0. The molecule has 3 aromatic rings. The molecule has 0 atom stereocenters. The molecule has 2 aromatic heterocycles. The highest BCUT2D eigenvalue weighted by Crippen LogP contribution is 2.38. The molecule has 0 aliphatic rings. The van der Waals surface area contributed by atoms with Crippen LogP contribution in [-0.4, -0.2) is 19.7 Å². The summed E-state index contributed by atoms with van der Waals surface area (Å²) in [5.74, 6) is -0.357. The molecule has 0 fully saturated rings. The van der Waals surface area contributed by atoms with E-state index in [1.54, 1.807) is 5.38 Å². The molecule has 12 heteroatoms. The van der Waals surface area contributed by atoms with Crippen molar-refractivity contribution in [3.8, 4) is 17.5 Å². The predicted molar refractivity (Wildman–Crippen MR) is 87.4 cm³/mol. The van der Waals surface area contributed by atoms with Crippen molar-refractivity contribution in [3.63, 3.8) is 0 Å². The van der Waals surface area contributed by atoms with E-state index in [-0.39, 0.29) is 17.5 Å². The Hall–Kier alpha value is -3.20. The molecule has 0 unspecified atom stereocenters. The van der Waals surface area contributed by atoms with Gasteiger partial charge in [-0.15, -0.1) is 16.4 Å². The van der Waals surface area contributed by atoms with Crippen LogP contribution in [-0.2, 0) is 12.4 Å². The van der Waals surface area contributed by atoms with Crippen LogP contribution in [0.25, 0.3) is 23.2 Å². The minimum atomic E-state index is -4.97.